The topological polar surface area (TPSA) is 82.6 Å². The van der Waals surface area contributed by atoms with Crippen LogP contribution in [-0.4, -0.2) is 47.1 Å². The highest BCUT2D eigenvalue weighted by Crippen LogP contribution is 2.43. The Balaban J connectivity index is 1.50. The number of fused-ring (bicyclic) bond motifs is 1. The molecule has 2 atom stereocenters. The molecule has 10 heteroatoms. The molecule has 0 unspecified atom stereocenters. The van der Waals surface area contributed by atoms with Crippen molar-refractivity contribution < 1.29 is 27.6 Å². The molecule has 1 saturated carbocycles. The van der Waals surface area contributed by atoms with Crippen LogP contribution in [-0.2, 0) is 9.53 Å². The number of ether oxygens (including phenoxy) is 2. The van der Waals surface area contributed by atoms with Gasteiger partial charge in [0.2, 0.25) is 0 Å². The van der Waals surface area contributed by atoms with Crippen LogP contribution in [0.25, 0.3) is 22.2 Å². The number of aryl methyl sites for hydroxylation is 2. The first kappa shape index (κ1) is 26.4. The maximum absolute atomic E-state index is 15.1. The predicted octanol–water partition coefficient (Wildman–Crippen LogP) is 6.40. The van der Waals surface area contributed by atoms with Crippen molar-refractivity contribution in [2.75, 3.05) is 19.1 Å². The third-order valence-corrected chi connectivity index (χ3v) is 8.34. The first-order valence-corrected chi connectivity index (χ1v) is 13.6. The fraction of sp³-hybridized carbons (Fsp3) is 0.433. The molecular formula is C30H32F2N4O4. The third kappa shape index (κ3) is 4.34. The second-order valence-corrected chi connectivity index (χ2v) is 10.7. The Hall–Kier alpha value is -3.79. The summed E-state index contributed by atoms with van der Waals surface area (Å²) >= 11 is 0. The minimum absolute atomic E-state index is 0.0535. The smallest absolute Gasteiger partial charge is 0.262 e. The number of carbonyl (C=O) groups is 1. The summed E-state index contributed by atoms with van der Waals surface area (Å²) in [5.41, 5.74) is 4.52. The number of nitrogens with zero attached hydrogens (tertiary/aromatic N) is 4. The molecular weight excluding hydrogens is 518 g/mol. The zero-order chi connectivity index (χ0) is 28.1. The Morgan fingerprint density at radius 3 is 2.48 bits per heavy atom. The molecule has 2 aromatic heterocycles. The quantitative estimate of drug-likeness (QED) is 0.276. The van der Waals surface area contributed by atoms with Crippen molar-refractivity contribution in [1.29, 1.82) is 0 Å². The highest BCUT2D eigenvalue weighted by Gasteiger charge is 2.45. The van der Waals surface area contributed by atoms with E-state index in [2.05, 4.69) is 9.72 Å². The van der Waals surface area contributed by atoms with E-state index in [-0.39, 0.29) is 30.0 Å². The Morgan fingerprint density at radius 1 is 1.05 bits per heavy atom. The van der Waals surface area contributed by atoms with E-state index < -0.39 is 23.9 Å². The number of rotatable bonds is 6. The lowest BCUT2D eigenvalue weighted by atomic mass is 9.92. The first-order chi connectivity index (χ1) is 19.3. The maximum atomic E-state index is 15.1. The molecule has 0 N–H and O–H groups in total. The van der Waals surface area contributed by atoms with Crippen LogP contribution in [0.4, 0.5) is 14.5 Å². The number of amides is 1. The second-order valence-electron chi connectivity index (χ2n) is 10.7. The van der Waals surface area contributed by atoms with Crippen LogP contribution >= 0.6 is 0 Å². The lowest BCUT2D eigenvalue weighted by Gasteiger charge is -2.32. The number of alkyl halides is 1. The number of benzene rings is 2. The number of imidazole rings is 1. The van der Waals surface area contributed by atoms with Crippen LogP contribution in [0.15, 0.2) is 40.9 Å². The van der Waals surface area contributed by atoms with Gasteiger partial charge in [-0.25, -0.2) is 13.8 Å². The summed E-state index contributed by atoms with van der Waals surface area (Å²) in [6, 6.07) is 9.67. The van der Waals surface area contributed by atoms with Crippen LogP contribution in [0, 0.1) is 19.7 Å². The van der Waals surface area contributed by atoms with Gasteiger partial charge in [-0.1, -0.05) is 11.2 Å². The fourth-order valence-corrected chi connectivity index (χ4v) is 6.37. The summed E-state index contributed by atoms with van der Waals surface area (Å²) in [5, 5.41) is 4.09. The second kappa shape index (κ2) is 10.3. The molecule has 4 aromatic rings. The van der Waals surface area contributed by atoms with Crippen LogP contribution in [0.3, 0.4) is 0 Å². The van der Waals surface area contributed by atoms with Gasteiger partial charge in [-0.05, 0) is 69.4 Å². The summed E-state index contributed by atoms with van der Waals surface area (Å²) in [6.07, 6.45) is 1.91. The highest BCUT2D eigenvalue weighted by molar-refractivity contribution is 6.00. The number of anilines is 1. The number of carbonyl (C=O) groups excluding carboxylic acids is 1. The van der Waals surface area contributed by atoms with E-state index in [9.17, 15) is 9.18 Å². The van der Waals surface area contributed by atoms with E-state index in [1.807, 2.05) is 32.0 Å². The van der Waals surface area contributed by atoms with Gasteiger partial charge in [0.15, 0.2) is 17.7 Å². The van der Waals surface area contributed by atoms with Crippen LogP contribution in [0.1, 0.15) is 61.5 Å². The molecule has 2 aromatic carbocycles. The van der Waals surface area contributed by atoms with Gasteiger partial charge in [-0.2, -0.15) is 0 Å². The van der Waals surface area contributed by atoms with Crippen molar-refractivity contribution in [1.82, 2.24) is 14.7 Å². The van der Waals surface area contributed by atoms with Crippen molar-refractivity contribution in [3.05, 3.63) is 59.5 Å². The van der Waals surface area contributed by atoms with Gasteiger partial charge in [-0.3, -0.25) is 9.69 Å². The third-order valence-electron chi connectivity index (χ3n) is 8.34. The van der Waals surface area contributed by atoms with Gasteiger partial charge in [0.1, 0.15) is 11.6 Å². The standard InChI is InChI=1S/C30H32F2N4O4/c1-16-28(17(2)40-34-16)18-5-11-25-24(13-18)33-29(35(25)19-6-9-21(38-3)10-7-19)26-15-23(32)30(37)36(26)20-8-12-27(39-4)22(31)14-20/h5,8,11-14,19,21,23,26H,6-7,9-10,15H2,1-4H3/t19?,21?,23-,26-/m0/s1. The summed E-state index contributed by atoms with van der Waals surface area (Å²) in [7, 11) is 3.10. The fourth-order valence-electron chi connectivity index (χ4n) is 6.37. The van der Waals surface area contributed by atoms with Crippen molar-refractivity contribution in [3.63, 3.8) is 0 Å². The molecule has 1 amide bonds. The normalized spacial score (nSPS) is 23.4. The molecule has 0 spiro atoms. The molecule has 1 aliphatic heterocycles. The Kier molecular flexibility index (Phi) is 6.82. The summed E-state index contributed by atoms with van der Waals surface area (Å²) in [4.78, 5) is 19.5. The van der Waals surface area contributed by atoms with Gasteiger partial charge in [0, 0.05) is 36.9 Å². The lowest BCUT2D eigenvalue weighted by molar-refractivity contribution is -0.121. The van der Waals surface area contributed by atoms with Crippen molar-refractivity contribution in [2.24, 2.45) is 0 Å². The number of hydrogen-bond acceptors (Lipinski definition) is 6. The minimum Gasteiger partial charge on any atom is -0.494 e. The average Bonchev–Trinajstić information content (AvgIpc) is 3.60. The molecule has 0 radical (unpaired) electrons. The summed E-state index contributed by atoms with van der Waals surface area (Å²) in [6.45, 7) is 3.76. The molecule has 2 fully saturated rings. The summed E-state index contributed by atoms with van der Waals surface area (Å²) in [5.74, 6) is 0.0371. The number of hydrogen-bond donors (Lipinski definition) is 0. The van der Waals surface area contributed by atoms with Crippen LogP contribution in [0.5, 0.6) is 5.75 Å². The van der Waals surface area contributed by atoms with Gasteiger partial charge in [-0.15, -0.1) is 0 Å². The molecule has 210 valence electrons. The first-order valence-electron chi connectivity index (χ1n) is 13.6. The van der Waals surface area contributed by atoms with E-state index >= 15 is 4.39 Å². The SMILES string of the molecule is COc1ccc(N2C(=O)[C@@H](F)C[C@H]2c2nc3cc(-c4c(C)noc4C)ccc3n2C2CCC(OC)CC2)cc1F. The molecule has 8 nitrogen and oxygen atoms in total. The van der Waals surface area contributed by atoms with E-state index in [1.54, 1.807) is 13.2 Å². The zero-order valence-electron chi connectivity index (χ0n) is 23.0. The highest BCUT2D eigenvalue weighted by atomic mass is 19.1. The lowest BCUT2D eigenvalue weighted by Crippen LogP contribution is -2.32. The number of halogens is 2. The van der Waals surface area contributed by atoms with Crippen molar-refractivity contribution in [2.45, 2.75) is 70.3 Å². The molecule has 1 aliphatic carbocycles. The molecule has 0 bridgehead atoms. The van der Waals surface area contributed by atoms with Crippen LogP contribution < -0.4 is 9.64 Å². The minimum atomic E-state index is -1.72. The number of methoxy groups -OCH3 is 2. The van der Waals surface area contributed by atoms with E-state index in [1.165, 1.54) is 24.1 Å². The van der Waals surface area contributed by atoms with Gasteiger partial charge >= 0.3 is 0 Å². The van der Waals surface area contributed by atoms with Gasteiger partial charge in [0.25, 0.3) is 5.91 Å². The Morgan fingerprint density at radius 2 is 1.82 bits per heavy atom. The predicted molar refractivity (Wildman–Crippen MR) is 146 cm³/mol. The Bertz CT molecular complexity index is 1550. The van der Waals surface area contributed by atoms with Crippen molar-refractivity contribution >= 4 is 22.6 Å². The summed E-state index contributed by atoms with van der Waals surface area (Å²) < 4.78 is 48.0. The van der Waals surface area contributed by atoms with Gasteiger partial charge in [0.05, 0.1) is 36.0 Å². The largest absolute Gasteiger partial charge is 0.494 e. The van der Waals surface area contributed by atoms with E-state index in [0.29, 0.717) is 11.6 Å². The average molecular weight is 551 g/mol. The van der Waals surface area contributed by atoms with E-state index in [4.69, 9.17) is 19.0 Å². The molecule has 6 rings (SSSR count). The molecule has 3 heterocycles. The van der Waals surface area contributed by atoms with Gasteiger partial charge < -0.3 is 18.6 Å². The molecule has 2 aliphatic rings. The zero-order valence-corrected chi connectivity index (χ0v) is 23.0. The number of aromatic nitrogens is 3. The maximum Gasteiger partial charge on any atom is 0.262 e. The van der Waals surface area contributed by atoms with Crippen LogP contribution in [0.2, 0.25) is 0 Å². The Labute approximate surface area is 230 Å². The van der Waals surface area contributed by atoms with E-state index in [0.717, 1.165) is 53.5 Å². The monoisotopic (exact) mass is 550 g/mol. The van der Waals surface area contributed by atoms with Crippen molar-refractivity contribution in [3.8, 4) is 16.9 Å². The molecule has 40 heavy (non-hydrogen) atoms. The molecule has 1 saturated heterocycles.